The standard InChI is InChI=1S/C27H32ClN5O/c1-5-6-7-10-22(21-12-14-24(28)15-13-21)17-25(30-4)32-27(31-19(2)3)33-26(34)23-11-8-9-20(16-23)18-29/h6-9,11-16,19,22H,5,10,17H2,1-4H3,(H2,30,31,32,33,34). The van der Waals surface area contributed by atoms with Crippen LogP contribution in [0, 0.1) is 11.3 Å². The average molecular weight is 478 g/mol. The number of nitrogens with zero attached hydrogens (tertiary/aromatic N) is 3. The molecule has 0 fully saturated rings. The molecule has 34 heavy (non-hydrogen) atoms. The average Bonchev–Trinajstić information content (AvgIpc) is 2.83. The first-order valence-electron chi connectivity index (χ1n) is 11.4. The van der Waals surface area contributed by atoms with Gasteiger partial charge in [-0.15, -0.1) is 0 Å². The van der Waals surface area contributed by atoms with E-state index in [0.29, 0.717) is 34.4 Å². The van der Waals surface area contributed by atoms with Crippen molar-refractivity contribution in [2.75, 3.05) is 7.05 Å². The molecule has 0 aromatic heterocycles. The molecule has 0 saturated heterocycles. The Balaban J connectivity index is 2.22. The lowest BCUT2D eigenvalue weighted by atomic mass is 9.91. The maximum Gasteiger partial charge on any atom is 0.258 e. The summed E-state index contributed by atoms with van der Waals surface area (Å²) in [4.78, 5) is 21.8. The first-order valence-corrected chi connectivity index (χ1v) is 11.8. The second-order valence-corrected chi connectivity index (χ2v) is 8.52. The number of nitriles is 1. The predicted octanol–water partition coefficient (Wildman–Crippen LogP) is 5.85. The number of halogens is 1. The van der Waals surface area contributed by atoms with Crippen molar-refractivity contribution >= 4 is 29.3 Å². The normalized spacial score (nSPS) is 13.1. The molecule has 2 aromatic rings. The summed E-state index contributed by atoms with van der Waals surface area (Å²) in [6.45, 7) is 5.97. The second-order valence-electron chi connectivity index (χ2n) is 8.08. The second kappa shape index (κ2) is 14.0. The first kappa shape index (κ1) is 26.8. The number of nitrogens with one attached hydrogen (secondary N) is 2. The highest BCUT2D eigenvalue weighted by Gasteiger charge is 2.17. The Morgan fingerprint density at radius 2 is 1.88 bits per heavy atom. The van der Waals surface area contributed by atoms with Crippen molar-refractivity contribution in [1.29, 1.82) is 5.26 Å². The quantitative estimate of drug-likeness (QED) is 0.283. The van der Waals surface area contributed by atoms with Crippen molar-refractivity contribution in [3.63, 3.8) is 0 Å². The Bertz CT molecular complexity index is 1080. The zero-order chi connectivity index (χ0) is 24.9. The predicted molar refractivity (Wildman–Crippen MR) is 141 cm³/mol. The molecule has 1 atom stereocenters. The van der Waals surface area contributed by atoms with Gasteiger partial charge < -0.3 is 5.32 Å². The van der Waals surface area contributed by atoms with Gasteiger partial charge in [-0.2, -0.15) is 5.26 Å². The largest absolute Gasteiger partial charge is 0.314 e. The molecule has 2 aromatic carbocycles. The molecular weight excluding hydrogens is 446 g/mol. The van der Waals surface area contributed by atoms with E-state index in [1.165, 1.54) is 0 Å². The van der Waals surface area contributed by atoms with E-state index in [2.05, 4.69) is 45.8 Å². The maximum atomic E-state index is 12.8. The highest BCUT2D eigenvalue weighted by Crippen LogP contribution is 2.26. The van der Waals surface area contributed by atoms with Crippen molar-refractivity contribution in [2.24, 2.45) is 9.98 Å². The van der Waals surface area contributed by atoms with Crippen LogP contribution in [-0.2, 0) is 0 Å². The van der Waals surface area contributed by atoms with Crippen LogP contribution in [0.5, 0.6) is 0 Å². The van der Waals surface area contributed by atoms with Crippen molar-refractivity contribution in [2.45, 2.75) is 52.0 Å². The lowest BCUT2D eigenvalue weighted by Crippen LogP contribution is -2.44. The lowest BCUT2D eigenvalue weighted by Gasteiger charge is -2.20. The van der Waals surface area contributed by atoms with Crippen LogP contribution in [0.25, 0.3) is 0 Å². The number of amides is 1. The minimum absolute atomic E-state index is 0.0501. The van der Waals surface area contributed by atoms with E-state index >= 15 is 0 Å². The highest BCUT2D eigenvalue weighted by atomic mass is 35.5. The van der Waals surface area contributed by atoms with Gasteiger partial charge in [0, 0.05) is 30.1 Å². The molecule has 2 N–H and O–H groups in total. The Morgan fingerprint density at radius 1 is 1.15 bits per heavy atom. The van der Waals surface area contributed by atoms with Crippen LogP contribution in [0.4, 0.5) is 0 Å². The van der Waals surface area contributed by atoms with Crippen molar-refractivity contribution < 1.29 is 4.79 Å². The molecule has 0 heterocycles. The van der Waals surface area contributed by atoms with Gasteiger partial charge >= 0.3 is 0 Å². The van der Waals surface area contributed by atoms with E-state index < -0.39 is 0 Å². The van der Waals surface area contributed by atoms with E-state index in [0.717, 1.165) is 18.4 Å². The van der Waals surface area contributed by atoms with Gasteiger partial charge in [0.1, 0.15) is 5.84 Å². The summed E-state index contributed by atoms with van der Waals surface area (Å²) in [6, 6.07) is 16.4. The van der Waals surface area contributed by atoms with E-state index in [1.54, 1.807) is 31.3 Å². The van der Waals surface area contributed by atoms with Crippen LogP contribution in [0.2, 0.25) is 5.02 Å². The Morgan fingerprint density at radius 3 is 2.50 bits per heavy atom. The van der Waals surface area contributed by atoms with Crippen LogP contribution >= 0.6 is 11.6 Å². The fraction of sp³-hybridized carbons (Fsp3) is 0.333. The Labute approximate surface area is 207 Å². The van der Waals surface area contributed by atoms with E-state index in [-0.39, 0.29) is 17.9 Å². The monoisotopic (exact) mass is 477 g/mol. The number of aliphatic imine (C=N–C) groups is 2. The molecule has 1 amide bonds. The summed E-state index contributed by atoms with van der Waals surface area (Å²) in [5.41, 5.74) is 1.97. The number of hydrogen-bond donors (Lipinski definition) is 2. The molecule has 6 nitrogen and oxygen atoms in total. The number of carbonyl (C=O) groups excluding carboxylic acids is 1. The number of amidine groups is 1. The third kappa shape index (κ3) is 8.84. The molecule has 7 heteroatoms. The molecule has 0 radical (unpaired) electrons. The van der Waals surface area contributed by atoms with E-state index in [4.69, 9.17) is 16.9 Å². The molecule has 0 spiro atoms. The van der Waals surface area contributed by atoms with Gasteiger partial charge in [-0.3, -0.25) is 15.1 Å². The number of rotatable bonds is 8. The van der Waals surface area contributed by atoms with Crippen molar-refractivity contribution in [3.8, 4) is 6.07 Å². The third-order valence-corrected chi connectivity index (χ3v) is 5.26. The molecule has 0 bridgehead atoms. The van der Waals surface area contributed by atoms with Gasteiger partial charge in [-0.1, -0.05) is 48.9 Å². The van der Waals surface area contributed by atoms with Gasteiger partial charge in [-0.25, -0.2) is 4.99 Å². The van der Waals surface area contributed by atoms with E-state index in [9.17, 15) is 4.79 Å². The van der Waals surface area contributed by atoms with Crippen LogP contribution in [0.1, 0.15) is 67.4 Å². The summed E-state index contributed by atoms with van der Waals surface area (Å²) in [5, 5.41) is 15.9. The maximum absolute atomic E-state index is 12.8. The van der Waals surface area contributed by atoms with Gasteiger partial charge in [0.25, 0.3) is 5.91 Å². The third-order valence-electron chi connectivity index (χ3n) is 5.01. The molecule has 1 unspecified atom stereocenters. The van der Waals surface area contributed by atoms with Gasteiger partial charge in [0.05, 0.1) is 11.6 Å². The van der Waals surface area contributed by atoms with Crippen LogP contribution in [-0.4, -0.2) is 30.8 Å². The van der Waals surface area contributed by atoms with E-state index in [1.807, 2.05) is 38.1 Å². The molecule has 0 aliphatic heterocycles. The Hall–Kier alpha value is -3.43. The van der Waals surface area contributed by atoms with Crippen LogP contribution in [0.15, 0.2) is 70.7 Å². The fourth-order valence-electron chi connectivity index (χ4n) is 3.33. The zero-order valence-corrected chi connectivity index (χ0v) is 20.9. The SMILES string of the molecule is CCC=CCC(CC(=NC)NC(=NC(C)C)NC(=O)c1cccc(C#N)c1)c1ccc(Cl)cc1. The summed E-state index contributed by atoms with van der Waals surface area (Å²) in [6.07, 6.45) is 6.79. The molecular formula is C27H32ClN5O. The van der Waals surface area contributed by atoms with Crippen molar-refractivity contribution in [3.05, 3.63) is 82.4 Å². The van der Waals surface area contributed by atoms with Gasteiger partial charge in [-0.05, 0) is 68.5 Å². The number of guanidine groups is 1. The molecule has 0 saturated carbocycles. The molecule has 178 valence electrons. The topological polar surface area (TPSA) is 89.6 Å². The Kier molecular flexibility index (Phi) is 11.0. The molecule has 0 aliphatic carbocycles. The minimum Gasteiger partial charge on any atom is -0.314 e. The van der Waals surface area contributed by atoms with Crippen LogP contribution < -0.4 is 10.6 Å². The molecule has 0 aliphatic rings. The number of carbonyl (C=O) groups is 1. The number of benzene rings is 2. The summed E-state index contributed by atoms with van der Waals surface area (Å²) < 4.78 is 0. The lowest BCUT2D eigenvalue weighted by molar-refractivity contribution is 0.0976. The fourth-order valence-corrected chi connectivity index (χ4v) is 3.46. The highest BCUT2D eigenvalue weighted by molar-refractivity contribution is 6.30. The van der Waals surface area contributed by atoms with Gasteiger partial charge in [0.15, 0.2) is 0 Å². The zero-order valence-electron chi connectivity index (χ0n) is 20.2. The first-order chi connectivity index (χ1) is 16.4. The molecule has 2 rings (SSSR count). The minimum atomic E-state index is -0.348. The summed E-state index contributed by atoms with van der Waals surface area (Å²) >= 11 is 6.09. The summed E-state index contributed by atoms with van der Waals surface area (Å²) in [5.74, 6) is 0.853. The number of allylic oxidation sites excluding steroid dienone is 2. The van der Waals surface area contributed by atoms with Gasteiger partial charge in [0.2, 0.25) is 5.96 Å². The van der Waals surface area contributed by atoms with Crippen molar-refractivity contribution in [1.82, 2.24) is 10.6 Å². The smallest absolute Gasteiger partial charge is 0.258 e. The summed E-state index contributed by atoms with van der Waals surface area (Å²) in [7, 11) is 1.72. The van der Waals surface area contributed by atoms with Crippen LogP contribution in [0.3, 0.4) is 0 Å². The number of hydrogen-bond acceptors (Lipinski definition) is 4.